The van der Waals surface area contributed by atoms with Crippen LogP contribution in [0.25, 0.3) is 0 Å². The first-order valence-corrected chi connectivity index (χ1v) is 6.15. The lowest BCUT2D eigenvalue weighted by Gasteiger charge is -2.25. The van der Waals surface area contributed by atoms with E-state index in [4.69, 9.17) is 5.26 Å². The summed E-state index contributed by atoms with van der Waals surface area (Å²) < 4.78 is 0. The number of urea groups is 1. The van der Waals surface area contributed by atoms with Crippen molar-refractivity contribution in [2.24, 2.45) is 0 Å². The van der Waals surface area contributed by atoms with E-state index in [-0.39, 0.29) is 12.5 Å². The van der Waals surface area contributed by atoms with Gasteiger partial charge in [-0.15, -0.1) is 0 Å². The van der Waals surface area contributed by atoms with Crippen molar-refractivity contribution in [2.45, 2.75) is 25.4 Å². The Morgan fingerprint density at radius 1 is 1.40 bits per heavy atom. The summed E-state index contributed by atoms with van der Waals surface area (Å²) >= 11 is 0. The van der Waals surface area contributed by atoms with Crippen molar-refractivity contribution in [2.75, 3.05) is 7.05 Å². The van der Waals surface area contributed by atoms with Crippen molar-refractivity contribution in [1.82, 2.24) is 10.2 Å². The molecule has 0 bridgehead atoms. The normalized spacial score (nSPS) is 12.8. The van der Waals surface area contributed by atoms with E-state index >= 15 is 0 Å². The van der Waals surface area contributed by atoms with E-state index in [9.17, 15) is 14.7 Å². The molecule has 0 heterocycles. The molecule has 2 atom stereocenters. The van der Waals surface area contributed by atoms with Crippen LogP contribution in [-0.4, -0.2) is 35.1 Å². The van der Waals surface area contributed by atoms with Crippen LogP contribution in [0.3, 0.4) is 0 Å². The van der Waals surface area contributed by atoms with E-state index in [0.29, 0.717) is 5.56 Å². The average molecular weight is 275 g/mol. The SMILES string of the molecule is CC(CC#N)N(C)C(=O)NC(C(=O)O)c1ccccc1. The molecule has 1 aromatic carbocycles. The fourth-order valence-electron chi connectivity index (χ4n) is 1.63. The number of carbonyl (C=O) groups excluding carboxylic acids is 1. The minimum Gasteiger partial charge on any atom is -0.479 e. The number of nitrogens with one attached hydrogen (secondary N) is 1. The lowest BCUT2D eigenvalue weighted by Crippen LogP contribution is -2.45. The van der Waals surface area contributed by atoms with E-state index < -0.39 is 18.0 Å². The van der Waals surface area contributed by atoms with Gasteiger partial charge in [-0.3, -0.25) is 0 Å². The van der Waals surface area contributed by atoms with Gasteiger partial charge in [-0.05, 0) is 12.5 Å². The van der Waals surface area contributed by atoms with Crippen molar-refractivity contribution < 1.29 is 14.7 Å². The van der Waals surface area contributed by atoms with E-state index in [1.807, 2.05) is 6.07 Å². The predicted molar refractivity (Wildman–Crippen MR) is 72.8 cm³/mol. The van der Waals surface area contributed by atoms with Gasteiger partial charge in [-0.2, -0.15) is 5.26 Å². The van der Waals surface area contributed by atoms with Crippen LogP contribution >= 0.6 is 0 Å². The fraction of sp³-hybridized carbons (Fsp3) is 0.357. The molecule has 1 rings (SSSR count). The van der Waals surface area contributed by atoms with Crippen LogP contribution in [0.5, 0.6) is 0 Å². The second kappa shape index (κ2) is 7.14. The first-order valence-electron chi connectivity index (χ1n) is 6.15. The number of carboxylic acids is 1. The molecule has 0 saturated heterocycles. The molecule has 0 saturated carbocycles. The zero-order chi connectivity index (χ0) is 15.1. The predicted octanol–water partition coefficient (Wildman–Crippen LogP) is 1.76. The Hall–Kier alpha value is -2.55. The third kappa shape index (κ3) is 3.99. The molecule has 106 valence electrons. The van der Waals surface area contributed by atoms with Crippen LogP contribution in [0, 0.1) is 11.3 Å². The first-order chi connectivity index (χ1) is 9.47. The summed E-state index contributed by atoms with van der Waals surface area (Å²) in [5.74, 6) is -1.13. The molecular formula is C14H17N3O3. The van der Waals surface area contributed by atoms with Gasteiger partial charge in [0.2, 0.25) is 0 Å². The summed E-state index contributed by atoms with van der Waals surface area (Å²) in [6.07, 6.45) is 0.187. The Bertz CT molecular complexity index is 510. The second-order valence-electron chi connectivity index (χ2n) is 4.45. The largest absolute Gasteiger partial charge is 0.479 e. The Morgan fingerprint density at radius 2 is 2.00 bits per heavy atom. The van der Waals surface area contributed by atoms with E-state index in [0.717, 1.165) is 0 Å². The Morgan fingerprint density at radius 3 is 2.50 bits per heavy atom. The van der Waals surface area contributed by atoms with Gasteiger partial charge in [0.1, 0.15) is 0 Å². The fourth-order valence-corrected chi connectivity index (χ4v) is 1.63. The maximum atomic E-state index is 12.0. The number of carboxylic acid groups (broad SMARTS) is 1. The number of aliphatic carboxylic acids is 1. The molecule has 0 aliphatic carbocycles. The molecule has 0 radical (unpaired) electrons. The summed E-state index contributed by atoms with van der Waals surface area (Å²) in [5.41, 5.74) is 0.495. The molecule has 0 spiro atoms. The van der Waals surface area contributed by atoms with Crippen LogP contribution < -0.4 is 5.32 Å². The zero-order valence-corrected chi connectivity index (χ0v) is 11.4. The molecule has 6 nitrogen and oxygen atoms in total. The van der Waals surface area contributed by atoms with Crippen molar-refractivity contribution in [1.29, 1.82) is 5.26 Å². The smallest absolute Gasteiger partial charge is 0.330 e. The highest BCUT2D eigenvalue weighted by molar-refractivity contribution is 5.83. The molecular weight excluding hydrogens is 258 g/mol. The van der Waals surface area contributed by atoms with Crippen molar-refractivity contribution in [3.63, 3.8) is 0 Å². The van der Waals surface area contributed by atoms with Gasteiger partial charge in [-0.25, -0.2) is 9.59 Å². The van der Waals surface area contributed by atoms with Crippen LogP contribution in [0.4, 0.5) is 4.79 Å². The molecule has 2 N–H and O–H groups in total. The molecule has 0 fully saturated rings. The monoisotopic (exact) mass is 275 g/mol. The van der Waals surface area contributed by atoms with Gasteiger partial charge in [0.15, 0.2) is 6.04 Å². The number of nitriles is 1. The molecule has 0 aliphatic rings. The van der Waals surface area contributed by atoms with Gasteiger partial charge < -0.3 is 15.3 Å². The summed E-state index contributed by atoms with van der Waals surface area (Å²) in [4.78, 5) is 24.6. The van der Waals surface area contributed by atoms with Crippen molar-refractivity contribution in [3.8, 4) is 6.07 Å². The number of benzene rings is 1. The topological polar surface area (TPSA) is 93.4 Å². The van der Waals surface area contributed by atoms with E-state index in [1.165, 1.54) is 11.9 Å². The average Bonchev–Trinajstić information content (AvgIpc) is 2.44. The number of nitrogens with zero attached hydrogens (tertiary/aromatic N) is 2. The van der Waals surface area contributed by atoms with Gasteiger partial charge in [0.05, 0.1) is 12.5 Å². The quantitative estimate of drug-likeness (QED) is 0.856. The number of carbonyl (C=O) groups is 2. The Kier molecular flexibility index (Phi) is 5.54. The summed E-state index contributed by atoms with van der Waals surface area (Å²) in [6, 6.07) is 8.51. The molecule has 20 heavy (non-hydrogen) atoms. The second-order valence-corrected chi connectivity index (χ2v) is 4.45. The molecule has 2 unspecified atom stereocenters. The van der Waals surface area contributed by atoms with Crippen LogP contribution in [0.1, 0.15) is 24.9 Å². The highest BCUT2D eigenvalue weighted by Gasteiger charge is 2.24. The van der Waals surface area contributed by atoms with E-state index in [1.54, 1.807) is 37.3 Å². The van der Waals surface area contributed by atoms with Gasteiger partial charge in [-0.1, -0.05) is 30.3 Å². The Labute approximate surface area is 117 Å². The van der Waals surface area contributed by atoms with Gasteiger partial charge in [0.25, 0.3) is 0 Å². The van der Waals surface area contributed by atoms with Crippen LogP contribution in [0.2, 0.25) is 0 Å². The molecule has 0 aromatic heterocycles. The first kappa shape index (κ1) is 15.5. The maximum absolute atomic E-state index is 12.0. The minimum atomic E-state index is -1.13. The number of hydrogen-bond donors (Lipinski definition) is 2. The van der Waals surface area contributed by atoms with Crippen molar-refractivity contribution in [3.05, 3.63) is 35.9 Å². The molecule has 2 amide bonds. The Balaban J connectivity index is 2.80. The lowest BCUT2D eigenvalue weighted by molar-refractivity contribution is -0.139. The maximum Gasteiger partial charge on any atom is 0.330 e. The standard InChI is InChI=1S/C14H17N3O3/c1-10(8-9-15)17(2)14(20)16-12(13(18)19)11-6-4-3-5-7-11/h3-7,10,12H,8H2,1-2H3,(H,16,20)(H,18,19). The summed E-state index contributed by atoms with van der Waals surface area (Å²) in [7, 11) is 1.53. The highest BCUT2D eigenvalue weighted by Crippen LogP contribution is 2.13. The number of rotatable bonds is 5. The third-order valence-corrected chi connectivity index (χ3v) is 3.02. The summed E-state index contributed by atoms with van der Waals surface area (Å²) in [5, 5.41) is 20.3. The van der Waals surface area contributed by atoms with Crippen LogP contribution in [0.15, 0.2) is 30.3 Å². The molecule has 1 aromatic rings. The van der Waals surface area contributed by atoms with Crippen molar-refractivity contribution >= 4 is 12.0 Å². The molecule has 0 aliphatic heterocycles. The molecule has 6 heteroatoms. The van der Waals surface area contributed by atoms with Gasteiger partial charge in [0, 0.05) is 13.1 Å². The third-order valence-electron chi connectivity index (χ3n) is 3.02. The number of hydrogen-bond acceptors (Lipinski definition) is 3. The highest BCUT2D eigenvalue weighted by atomic mass is 16.4. The van der Waals surface area contributed by atoms with E-state index in [2.05, 4.69) is 5.32 Å². The van der Waals surface area contributed by atoms with Gasteiger partial charge >= 0.3 is 12.0 Å². The van der Waals surface area contributed by atoms with Crippen LogP contribution in [-0.2, 0) is 4.79 Å². The number of amides is 2. The minimum absolute atomic E-state index is 0.187. The summed E-state index contributed by atoms with van der Waals surface area (Å²) in [6.45, 7) is 1.72. The zero-order valence-electron chi connectivity index (χ0n) is 11.4. The lowest BCUT2D eigenvalue weighted by atomic mass is 10.1.